The summed E-state index contributed by atoms with van der Waals surface area (Å²) in [6, 6.07) is 11.9. The van der Waals surface area contributed by atoms with Crippen molar-refractivity contribution in [1.82, 2.24) is 0 Å². The van der Waals surface area contributed by atoms with Crippen LogP contribution in [0.25, 0.3) is 11.1 Å². The van der Waals surface area contributed by atoms with Gasteiger partial charge < -0.3 is 14.8 Å². The van der Waals surface area contributed by atoms with Crippen LogP contribution in [0, 0.1) is 27.7 Å². The van der Waals surface area contributed by atoms with Gasteiger partial charge in [-0.15, -0.1) is 11.3 Å². The number of nitrogens with one attached hydrogen (secondary N) is 1. The molecule has 3 rings (SSSR count). The first-order valence-electron chi connectivity index (χ1n) is 10.2. The van der Waals surface area contributed by atoms with Crippen LogP contribution in [0.15, 0.2) is 41.8 Å². The van der Waals surface area contributed by atoms with Crippen molar-refractivity contribution < 1.29 is 19.1 Å². The number of carbonyl (C=O) groups is 2. The highest BCUT2D eigenvalue weighted by Gasteiger charge is 2.23. The molecule has 0 aliphatic rings. The number of rotatable bonds is 7. The van der Waals surface area contributed by atoms with E-state index in [2.05, 4.69) is 5.32 Å². The molecule has 0 radical (unpaired) electrons. The molecule has 1 heterocycles. The Balaban J connectivity index is 1.81. The van der Waals surface area contributed by atoms with Crippen LogP contribution in [0.5, 0.6) is 5.75 Å². The Morgan fingerprint density at radius 3 is 2.23 bits per heavy atom. The third-order valence-electron chi connectivity index (χ3n) is 4.84. The molecule has 0 aliphatic heterocycles. The first-order chi connectivity index (χ1) is 14.8. The fourth-order valence-corrected chi connectivity index (χ4v) is 4.47. The minimum Gasteiger partial charge on any atom is -0.483 e. The second kappa shape index (κ2) is 9.79. The Morgan fingerprint density at radius 2 is 1.61 bits per heavy atom. The van der Waals surface area contributed by atoms with Crippen LogP contribution in [0.2, 0.25) is 0 Å². The highest BCUT2D eigenvalue weighted by Crippen LogP contribution is 2.36. The quantitative estimate of drug-likeness (QED) is 0.472. The molecule has 2 aromatic carbocycles. The van der Waals surface area contributed by atoms with E-state index < -0.39 is 5.97 Å². The van der Waals surface area contributed by atoms with Gasteiger partial charge in [-0.1, -0.05) is 47.5 Å². The van der Waals surface area contributed by atoms with Crippen LogP contribution in [0.4, 0.5) is 5.00 Å². The van der Waals surface area contributed by atoms with Crippen LogP contribution in [-0.2, 0) is 9.53 Å². The molecule has 1 N–H and O–H groups in total. The number of hydrogen-bond acceptors (Lipinski definition) is 5. The predicted molar refractivity (Wildman–Crippen MR) is 125 cm³/mol. The van der Waals surface area contributed by atoms with Gasteiger partial charge in [0.1, 0.15) is 16.3 Å². The van der Waals surface area contributed by atoms with E-state index in [0.29, 0.717) is 16.3 Å². The van der Waals surface area contributed by atoms with Gasteiger partial charge >= 0.3 is 5.97 Å². The number of hydrogen-bond donors (Lipinski definition) is 1. The summed E-state index contributed by atoms with van der Waals surface area (Å²) in [5.74, 6) is -0.0825. The van der Waals surface area contributed by atoms with E-state index in [1.54, 1.807) is 6.92 Å². The predicted octanol–water partition coefficient (Wildman–Crippen LogP) is 5.84. The van der Waals surface area contributed by atoms with Gasteiger partial charge in [0.15, 0.2) is 6.61 Å². The van der Waals surface area contributed by atoms with Crippen molar-refractivity contribution in [2.24, 2.45) is 0 Å². The van der Waals surface area contributed by atoms with Gasteiger partial charge in [-0.3, -0.25) is 4.79 Å². The number of aryl methyl sites for hydroxylation is 4. The molecule has 1 amide bonds. The smallest absolute Gasteiger partial charge is 0.341 e. The summed E-state index contributed by atoms with van der Waals surface area (Å²) < 4.78 is 11.0. The minimum atomic E-state index is -0.458. The Morgan fingerprint density at radius 1 is 0.968 bits per heavy atom. The maximum Gasteiger partial charge on any atom is 0.341 e. The van der Waals surface area contributed by atoms with E-state index in [0.717, 1.165) is 33.4 Å². The number of thiophene rings is 1. The first kappa shape index (κ1) is 22.6. The number of carbonyl (C=O) groups excluding carboxylic acids is 2. The molecule has 0 atom stereocenters. The lowest BCUT2D eigenvalue weighted by molar-refractivity contribution is -0.118. The lowest BCUT2D eigenvalue weighted by Crippen LogP contribution is -2.21. The summed E-state index contributed by atoms with van der Waals surface area (Å²) >= 11 is 1.30. The van der Waals surface area contributed by atoms with Crippen LogP contribution in [0.1, 0.15) is 39.5 Å². The molecule has 0 fully saturated rings. The minimum absolute atomic E-state index is 0.148. The largest absolute Gasteiger partial charge is 0.483 e. The van der Waals surface area contributed by atoms with E-state index in [4.69, 9.17) is 9.47 Å². The van der Waals surface area contributed by atoms with Crippen molar-refractivity contribution in [1.29, 1.82) is 0 Å². The van der Waals surface area contributed by atoms with Gasteiger partial charge in [-0.2, -0.15) is 0 Å². The first-order valence-corrected chi connectivity index (χ1v) is 11.0. The van der Waals surface area contributed by atoms with E-state index in [1.165, 1.54) is 11.3 Å². The molecular formula is C25H27NO4S. The lowest BCUT2D eigenvalue weighted by atomic mass is 10.0. The van der Waals surface area contributed by atoms with E-state index in [9.17, 15) is 9.59 Å². The molecule has 0 spiro atoms. The van der Waals surface area contributed by atoms with Crippen molar-refractivity contribution in [3.05, 3.63) is 69.6 Å². The van der Waals surface area contributed by atoms with Crippen molar-refractivity contribution in [2.45, 2.75) is 34.6 Å². The zero-order chi connectivity index (χ0) is 22.5. The summed E-state index contributed by atoms with van der Waals surface area (Å²) in [5.41, 5.74) is 6.24. The molecule has 162 valence electrons. The van der Waals surface area contributed by atoms with Crippen molar-refractivity contribution >= 4 is 28.2 Å². The second-order valence-corrected chi connectivity index (χ2v) is 8.38. The van der Waals surface area contributed by atoms with Crippen LogP contribution >= 0.6 is 11.3 Å². The van der Waals surface area contributed by atoms with Crippen molar-refractivity contribution in [2.75, 3.05) is 18.5 Å². The number of anilines is 1. The molecule has 0 bridgehead atoms. The third-order valence-corrected chi connectivity index (χ3v) is 5.73. The van der Waals surface area contributed by atoms with Crippen LogP contribution in [-0.4, -0.2) is 25.1 Å². The molecule has 0 unspecified atom stereocenters. The zero-order valence-corrected chi connectivity index (χ0v) is 19.3. The normalized spacial score (nSPS) is 10.6. The average Bonchev–Trinajstić information content (AvgIpc) is 3.11. The SMILES string of the molecule is CCOC(=O)c1c(-c2ccc(C)cc2)csc1NC(=O)COc1c(C)cc(C)cc1C. The number of benzene rings is 2. The van der Waals surface area contributed by atoms with Gasteiger partial charge in [0.2, 0.25) is 0 Å². The molecule has 1 aromatic heterocycles. The summed E-state index contributed by atoms with van der Waals surface area (Å²) in [5, 5.41) is 5.15. The van der Waals surface area contributed by atoms with E-state index >= 15 is 0 Å². The van der Waals surface area contributed by atoms with E-state index in [1.807, 2.05) is 69.5 Å². The highest BCUT2D eigenvalue weighted by atomic mass is 32.1. The van der Waals surface area contributed by atoms with Crippen LogP contribution in [0.3, 0.4) is 0 Å². The fraction of sp³-hybridized carbons (Fsp3) is 0.280. The summed E-state index contributed by atoms with van der Waals surface area (Å²) in [6.45, 7) is 9.81. The van der Waals surface area contributed by atoms with Gasteiger partial charge in [-0.05, 0) is 51.3 Å². The maximum atomic E-state index is 12.7. The number of esters is 1. The molecule has 0 aliphatic carbocycles. The lowest BCUT2D eigenvalue weighted by Gasteiger charge is -2.13. The van der Waals surface area contributed by atoms with Crippen molar-refractivity contribution in [3.63, 3.8) is 0 Å². The Kier molecular flexibility index (Phi) is 7.13. The molecule has 0 saturated heterocycles. The Bertz CT molecular complexity index is 1080. The standard InChI is InChI=1S/C25H27NO4S/c1-6-29-25(28)22-20(19-9-7-15(2)8-10-19)14-31-24(22)26-21(27)13-30-23-17(4)11-16(3)12-18(23)5/h7-12,14H,6,13H2,1-5H3,(H,26,27). The van der Waals surface area contributed by atoms with Gasteiger partial charge in [-0.25, -0.2) is 4.79 Å². The topological polar surface area (TPSA) is 64.6 Å². The Labute approximate surface area is 187 Å². The summed E-state index contributed by atoms with van der Waals surface area (Å²) in [7, 11) is 0. The Hall–Kier alpha value is -3.12. The second-order valence-electron chi connectivity index (χ2n) is 7.50. The summed E-state index contributed by atoms with van der Waals surface area (Å²) in [6.07, 6.45) is 0. The molecule has 3 aromatic rings. The van der Waals surface area contributed by atoms with Gasteiger partial charge in [0.25, 0.3) is 5.91 Å². The fourth-order valence-electron chi connectivity index (χ4n) is 3.50. The summed E-state index contributed by atoms with van der Waals surface area (Å²) in [4.78, 5) is 25.3. The number of amides is 1. The highest BCUT2D eigenvalue weighted by molar-refractivity contribution is 7.15. The van der Waals surface area contributed by atoms with Gasteiger partial charge in [0.05, 0.1) is 6.61 Å². The molecule has 0 saturated carbocycles. The van der Waals surface area contributed by atoms with Gasteiger partial charge in [0, 0.05) is 10.9 Å². The number of ether oxygens (including phenoxy) is 2. The molecule has 5 nitrogen and oxygen atoms in total. The van der Waals surface area contributed by atoms with E-state index in [-0.39, 0.29) is 19.1 Å². The average molecular weight is 438 g/mol. The van der Waals surface area contributed by atoms with Crippen LogP contribution < -0.4 is 10.1 Å². The maximum absolute atomic E-state index is 12.7. The molecular weight excluding hydrogens is 410 g/mol. The zero-order valence-electron chi connectivity index (χ0n) is 18.5. The third kappa shape index (κ3) is 5.33. The molecule has 31 heavy (non-hydrogen) atoms. The van der Waals surface area contributed by atoms with Crippen molar-refractivity contribution in [3.8, 4) is 16.9 Å². The molecule has 6 heteroatoms. The monoisotopic (exact) mass is 437 g/mol.